The molecule has 0 spiro atoms. The van der Waals surface area contributed by atoms with E-state index in [0.717, 1.165) is 0 Å². The summed E-state index contributed by atoms with van der Waals surface area (Å²) in [6.45, 7) is 5.06. The largest absolute Gasteiger partial charge is 0.478 e. The van der Waals surface area contributed by atoms with E-state index in [4.69, 9.17) is 10.8 Å². The zero-order valence-corrected chi connectivity index (χ0v) is 6.65. The molecule has 4 heteroatoms. The second-order valence-electron chi connectivity index (χ2n) is 2.09. The molecule has 0 rings (SSSR count). The molecule has 0 fully saturated rings. The molecule has 0 aliphatic heterocycles. The number of aliphatic carboxylic acids is 1. The van der Waals surface area contributed by atoms with Crippen LogP contribution in [0.2, 0.25) is 0 Å². The van der Waals surface area contributed by atoms with Crippen LogP contribution in [0.4, 0.5) is 0 Å². The lowest BCUT2D eigenvalue weighted by molar-refractivity contribution is -0.132. The summed E-state index contributed by atoms with van der Waals surface area (Å²) in [6, 6.07) is -0.117. The van der Waals surface area contributed by atoms with E-state index in [-0.39, 0.29) is 24.0 Å². The van der Waals surface area contributed by atoms with Crippen LogP contribution in [0.15, 0.2) is 12.2 Å². The first-order valence-electron chi connectivity index (χ1n) is 2.70. The second kappa shape index (κ2) is 5.26. The van der Waals surface area contributed by atoms with Gasteiger partial charge in [0.25, 0.3) is 0 Å². The number of nitrogens with two attached hydrogens (primary N) is 1. The smallest absolute Gasteiger partial charge is 0.331 e. The van der Waals surface area contributed by atoms with Gasteiger partial charge < -0.3 is 10.8 Å². The Hall–Kier alpha value is -0.540. The van der Waals surface area contributed by atoms with Gasteiger partial charge >= 0.3 is 5.97 Å². The molecule has 1 unspecified atom stereocenters. The first-order valence-corrected chi connectivity index (χ1v) is 2.70. The van der Waals surface area contributed by atoms with Crippen molar-refractivity contribution in [3.05, 3.63) is 12.2 Å². The first kappa shape index (κ1) is 12.2. The maximum Gasteiger partial charge on any atom is 0.331 e. The Morgan fingerprint density at radius 1 is 1.80 bits per heavy atom. The van der Waals surface area contributed by atoms with E-state index >= 15 is 0 Å². The van der Waals surface area contributed by atoms with Gasteiger partial charge in [-0.2, -0.15) is 0 Å². The molecule has 0 aromatic heterocycles. The minimum atomic E-state index is -0.965. The summed E-state index contributed by atoms with van der Waals surface area (Å²) in [6.07, 6.45) is 0.356. The zero-order chi connectivity index (χ0) is 7.44. The number of carboxylic acids is 1. The highest BCUT2D eigenvalue weighted by Crippen LogP contribution is 1.99. The topological polar surface area (TPSA) is 63.3 Å². The number of hydrogen-bond donors (Lipinski definition) is 2. The molecule has 0 heterocycles. The fourth-order valence-electron chi connectivity index (χ4n) is 0.476. The SMILES string of the molecule is C=C(CC(C)N)C(=O)O.Cl. The van der Waals surface area contributed by atoms with E-state index in [1.165, 1.54) is 0 Å². The second-order valence-corrected chi connectivity index (χ2v) is 2.09. The molecule has 0 saturated carbocycles. The summed E-state index contributed by atoms with van der Waals surface area (Å²) in [4.78, 5) is 10.1. The van der Waals surface area contributed by atoms with Gasteiger partial charge in [0.1, 0.15) is 0 Å². The third-order valence-corrected chi connectivity index (χ3v) is 0.871. The number of carbonyl (C=O) groups is 1. The van der Waals surface area contributed by atoms with E-state index in [1.807, 2.05) is 0 Å². The molecule has 10 heavy (non-hydrogen) atoms. The lowest BCUT2D eigenvalue weighted by Crippen LogP contribution is -2.17. The fraction of sp³-hybridized carbons (Fsp3) is 0.500. The predicted octanol–water partition coefficient (Wildman–Crippen LogP) is 0.786. The van der Waals surface area contributed by atoms with Crippen molar-refractivity contribution in [3.63, 3.8) is 0 Å². The molecule has 0 aromatic carbocycles. The molecule has 0 radical (unpaired) electrons. The van der Waals surface area contributed by atoms with Gasteiger partial charge in [0.15, 0.2) is 0 Å². The molecule has 0 aliphatic rings. The van der Waals surface area contributed by atoms with Gasteiger partial charge in [-0.25, -0.2) is 4.79 Å². The number of hydrogen-bond acceptors (Lipinski definition) is 2. The quantitative estimate of drug-likeness (QED) is 0.608. The summed E-state index contributed by atoms with van der Waals surface area (Å²) >= 11 is 0. The van der Waals surface area contributed by atoms with Crippen LogP contribution in [0.3, 0.4) is 0 Å². The molecule has 60 valence electrons. The lowest BCUT2D eigenvalue weighted by atomic mass is 10.1. The van der Waals surface area contributed by atoms with Crippen molar-refractivity contribution in [2.24, 2.45) is 5.73 Å². The van der Waals surface area contributed by atoms with Gasteiger partial charge in [0.05, 0.1) is 0 Å². The molecule has 1 atom stereocenters. The summed E-state index contributed by atoms with van der Waals surface area (Å²) in [7, 11) is 0. The zero-order valence-electron chi connectivity index (χ0n) is 5.83. The van der Waals surface area contributed by atoms with Crippen LogP contribution in [-0.2, 0) is 4.79 Å². The summed E-state index contributed by atoms with van der Waals surface area (Å²) in [5.74, 6) is -0.965. The standard InChI is InChI=1S/C6H11NO2.ClH/c1-4(6(8)9)3-5(2)7;/h5H,1,3,7H2,2H3,(H,8,9);1H. The van der Waals surface area contributed by atoms with Crippen molar-refractivity contribution in [1.82, 2.24) is 0 Å². The number of carboxylic acid groups (broad SMARTS) is 1. The summed E-state index contributed by atoms with van der Waals surface area (Å²) in [5.41, 5.74) is 5.48. The molecule has 0 aliphatic carbocycles. The van der Waals surface area contributed by atoms with E-state index in [1.54, 1.807) is 6.92 Å². The molecule has 0 bridgehead atoms. The maximum atomic E-state index is 10.1. The van der Waals surface area contributed by atoms with E-state index in [2.05, 4.69) is 6.58 Å². The minimum Gasteiger partial charge on any atom is -0.478 e. The Labute approximate surface area is 66.3 Å². The van der Waals surface area contributed by atoms with Gasteiger partial charge in [0, 0.05) is 11.6 Å². The Morgan fingerprint density at radius 3 is 2.30 bits per heavy atom. The van der Waals surface area contributed by atoms with Crippen molar-refractivity contribution < 1.29 is 9.90 Å². The molecule has 0 saturated heterocycles. The van der Waals surface area contributed by atoms with Crippen LogP contribution in [0.25, 0.3) is 0 Å². The predicted molar refractivity (Wildman–Crippen MR) is 42.3 cm³/mol. The fourth-order valence-corrected chi connectivity index (χ4v) is 0.476. The Balaban J connectivity index is 0. The third-order valence-electron chi connectivity index (χ3n) is 0.871. The Morgan fingerprint density at radius 2 is 2.20 bits per heavy atom. The Kier molecular flexibility index (Phi) is 6.40. The molecule has 3 N–H and O–H groups in total. The highest BCUT2D eigenvalue weighted by Gasteiger charge is 2.04. The van der Waals surface area contributed by atoms with Crippen molar-refractivity contribution in [2.45, 2.75) is 19.4 Å². The maximum absolute atomic E-state index is 10.1. The summed E-state index contributed by atoms with van der Waals surface area (Å²) < 4.78 is 0. The highest BCUT2D eigenvalue weighted by molar-refractivity contribution is 5.85. The van der Waals surface area contributed by atoms with Crippen LogP contribution < -0.4 is 5.73 Å². The van der Waals surface area contributed by atoms with Crippen molar-refractivity contribution in [2.75, 3.05) is 0 Å². The van der Waals surface area contributed by atoms with Crippen LogP contribution in [0.5, 0.6) is 0 Å². The lowest BCUT2D eigenvalue weighted by Gasteiger charge is -2.02. The van der Waals surface area contributed by atoms with Crippen LogP contribution in [0, 0.1) is 0 Å². The van der Waals surface area contributed by atoms with Gasteiger partial charge in [-0.1, -0.05) is 6.58 Å². The Bertz CT molecular complexity index is 134. The summed E-state index contributed by atoms with van der Waals surface area (Å²) in [5, 5.41) is 8.28. The van der Waals surface area contributed by atoms with Crippen LogP contribution in [-0.4, -0.2) is 17.1 Å². The molecule has 0 aromatic rings. The van der Waals surface area contributed by atoms with Gasteiger partial charge in [-0.05, 0) is 13.3 Å². The first-order chi connectivity index (χ1) is 4.04. The number of rotatable bonds is 3. The third kappa shape index (κ3) is 5.59. The molecular weight excluding hydrogens is 154 g/mol. The number of halogens is 1. The molecule has 0 amide bonds. The van der Waals surface area contributed by atoms with Crippen molar-refractivity contribution >= 4 is 18.4 Å². The normalized spacial score (nSPS) is 11.4. The van der Waals surface area contributed by atoms with Gasteiger partial charge in [-0.3, -0.25) is 0 Å². The van der Waals surface area contributed by atoms with Crippen molar-refractivity contribution in [3.8, 4) is 0 Å². The van der Waals surface area contributed by atoms with Gasteiger partial charge in [-0.15, -0.1) is 12.4 Å². The molecule has 3 nitrogen and oxygen atoms in total. The monoisotopic (exact) mass is 165 g/mol. The average Bonchev–Trinajstić information content (AvgIpc) is 1.63. The van der Waals surface area contributed by atoms with E-state index in [9.17, 15) is 4.79 Å². The minimum absolute atomic E-state index is 0. The van der Waals surface area contributed by atoms with E-state index in [0.29, 0.717) is 6.42 Å². The average molecular weight is 166 g/mol. The van der Waals surface area contributed by atoms with Crippen LogP contribution in [0.1, 0.15) is 13.3 Å². The van der Waals surface area contributed by atoms with Crippen LogP contribution >= 0.6 is 12.4 Å². The van der Waals surface area contributed by atoms with Gasteiger partial charge in [0.2, 0.25) is 0 Å². The van der Waals surface area contributed by atoms with Crippen molar-refractivity contribution in [1.29, 1.82) is 0 Å². The molecular formula is C6H12ClNO2. The highest BCUT2D eigenvalue weighted by atomic mass is 35.5. The van der Waals surface area contributed by atoms with E-state index < -0.39 is 5.97 Å².